The summed E-state index contributed by atoms with van der Waals surface area (Å²) in [5, 5.41) is 16.3. The number of rotatable bonds is 8. The van der Waals surface area contributed by atoms with Crippen LogP contribution in [0.1, 0.15) is 24.5 Å². The van der Waals surface area contributed by atoms with E-state index in [1.807, 2.05) is 13.0 Å². The first-order valence-electron chi connectivity index (χ1n) is 12.3. The molecule has 0 spiro atoms. The van der Waals surface area contributed by atoms with Gasteiger partial charge in [0, 0.05) is 12.1 Å². The van der Waals surface area contributed by atoms with Gasteiger partial charge in [-0.2, -0.15) is 10.1 Å². The summed E-state index contributed by atoms with van der Waals surface area (Å²) < 4.78 is 12.6. The van der Waals surface area contributed by atoms with Crippen LogP contribution in [0.3, 0.4) is 0 Å². The number of allylic oxidation sites excluding steroid dienone is 2. The third-order valence-corrected chi connectivity index (χ3v) is 8.63. The molecule has 6 atom stereocenters. The Kier molecular flexibility index (Phi) is 6.01. The molecule has 9 nitrogen and oxygen atoms in total. The lowest BCUT2D eigenvalue weighted by Crippen LogP contribution is -2.40. The van der Waals surface area contributed by atoms with Crippen LogP contribution in [0.2, 0.25) is 0 Å². The van der Waals surface area contributed by atoms with Gasteiger partial charge in [-0.15, -0.1) is 0 Å². The van der Waals surface area contributed by atoms with Crippen LogP contribution in [0.5, 0.6) is 11.5 Å². The molecule has 7 rings (SSSR count). The van der Waals surface area contributed by atoms with Crippen LogP contribution in [-0.2, 0) is 16.2 Å². The summed E-state index contributed by atoms with van der Waals surface area (Å²) in [7, 11) is 0. The lowest BCUT2D eigenvalue weighted by Gasteiger charge is -2.37. The molecular weight excluding hydrogens is 589 g/mol. The van der Waals surface area contributed by atoms with Gasteiger partial charge in [0.1, 0.15) is 6.61 Å². The van der Waals surface area contributed by atoms with Crippen molar-refractivity contribution in [2.24, 2.45) is 40.6 Å². The van der Waals surface area contributed by atoms with Crippen molar-refractivity contribution < 1.29 is 24.0 Å². The Morgan fingerprint density at radius 2 is 1.73 bits per heavy atom. The van der Waals surface area contributed by atoms with Crippen molar-refractivity contribution in [2.75, 3.05) is 6.61 Å². The van der Waals surface area contributed by atoms with Gasteiger partial charge < -0.3 is 9.47 Å². The number of amides is 2. The Balaban J connectivity index is 1.19. The summed E-state index contributed by atoms with van der Waals surface area (Å²) in [6.07, 6.45) is 6.93. The number of hydrazone groups is 1. The van der Waals surface area contributed by atoms with E-state index in [4.69, 9.17) is 9.47 Å². The van der Waals surface area contributed by atoms with E-state index in [-0.39, 0.29) is 47.8 Å². The van der Waals surface area contributed by atoms with Crippen LogP contribution in [-0.4, -0.2) is 34.6 Å². The lowest BCUT2D eigenvalue weighted by molar-refractivity contribution is -0.384. The number of halogens is 1. The number of carbonyl (C=O) groups is 2. The molecule has 2 bridgehead atoms. The number of benzene rings is 2. The zero-order chi connectivity index (χ0) is 25.8. The molecule has 0 radical (unpaired) electrons. The fourth-order valence-corrected chi connectivity index (χ4v) is 6.90. The van der Waals surface area contributed by atoms with Crippen molar-refractivity contribution in [3.63, 3.8) is 0 Å². The number of nitrogens with zero attached hydrogens (tertiary/aromatic N) is 3. The van der Waals surface area contributed by atoms with E-state index in [0.29, 0.717) is 35.5 Å². The molecule has 5 aliphatic rings. The predicted molar refractivity (Wildman–Crippen MR) is 142 cm³/mol. The van der Waals surface area contributed by atoms with Crippen LogP contribution < -0.4 is 9.47 Å². The molecule has 0 N–H and O–H groups in total. The summed E-state index contributed by atoms with van der Waals surface area (Å²) in [5.41, 5.74) is 1.48. The molecule has 3 fully saturated rings. The molecule has 0 unspecified atom stereocenters. The lowest BCUT2D eigenvalue weighted by atomic mass is 9.63. The van der Waals surface area contributed by atoms with Gasteiger partial charge in [0.2, 0.25) is 0 Å². The molecular formula is C27H24IN3O6. The highest BCUT2D eigenvalue weighted by atomic mass is 127. The second-order valence-corrected chi connectivity index (χ2v) is 11.0. The minimum atomic E-state index is -0.443. The second kappa shape index (κ2) is 9.23. The van der Waals surface area contributed by atoms with Gasteiger partial charge in [0.25, 0.3) is 17.5 Å². The molecule has 37 heavy (non-hydrogen) atoms. The summed E-state index contributed by atoms with van der Waals surface area (Å²) >= 11 is 2.14. The first-order chi connectivity index (χ1) is 17.9. The zero-order valence-electron chi connectivity index (χ0n) is 20.0. The van der Waals surface area contributed by atoms with Crippen LogP contribution >= 0.6 is 22.6 Å². The zero-order valence-corrected chi connectivity index (χ0v) is 22.1. The highest BCUT2D eigenvalue weighted by Crippen LogP contribution is 2.65. The Morgan fingerprint density at radius 1 is 1.08 bits per heavy atom. The van der Waals surface area contributed by atoms with Crippen molar-refractivity contribution in [2.45, 2.75) is 20.0 Å². The first-order valence-corrected chi connectivity index (χ1v) is 13.4. The predicted octanol–water partition coefficient (Wildman–Crippen LogP) is 4.56. The molecule has 2 saturated carbocycles. The average Bonchev–Trinajstić information content (AvgIpc) is 3.67. The van der Waals surface area contributed by atoms with Gasteiger partial charge >= 0.3 is 0 Å². The molecule has 2 aromatic carbocycles. The number of nitro benzene ring substituents is 1. The topological polar surface area (TPSA) is 111 Å². The molecule has 1 saturated heterocycles. The highest BCUT2D eigenvalue weighted by Gasteiger charge is 2.67. The summed E-state index contributed by atoms with van der Waals surface area (Å²) in [5.74, 6) is 1.51. The van der Waals surface area contributed by atoms with Crippen LogP contribution in [0, 0.1) is 49.2 Å². The third-order valence-electron chi connectivity index (χ3n) is 7.82. The van der Waals surface area contributed by atoms with Crippen molar-refractivity contribution in [3.8, 4) is 11.5 Å². The Labute approximate surface area is 226 Å². The Bertz CT molecular complexity index is 1320. The molecule has 2 amide bonds. The third kappa shape index (κ3) is 4.11. The normalized spacial score (nSPS) is 29.0. The molecule has 0 aromatic heterocycles. The molecule has 2 aromatic rings. The fourth-order valence-electron chi connectivity index (χ4n) is 6.11. The van der Waals surface area contributed by atoms with Gasteiger partial charge in [0.15, 0.2) is 11.5 Å². The fraction of sp³-hybridized carbons (Fsp3) is 0.370. The quantitative estimate of drug-likeness (QED) is 0.108. The maximum absolute atomic E-state index is 13.2. The number of nitro groups is 1. The minimum absolute atomic E-state index is 0.0203. The number of ether oxygens (including phenoxy) is 2. The molecule has 4 aliphatic carbocycles. The van der Waals surface area contributed by atoms with Gasteiger partial charge in [-0.05, 0) is 95.0 Å². The van der Waals surface area contributed by atoms with Crippen molar-refractivity contribution in [3.05, 3.63) is 73.4 Å². The number of imide groups is 1. The molecule has 190 valence electrons. The SMILES string of the molecule is CCOc1cc(/C=N\N2C(=O)[C@@H]3[C@H]4C=C[C@@H]([C@@H]5C[C@@H]45)[C@H]3C2=O)cc(I)c1OCc1ccc([N+](=O)[O-])cc1. The van der Waals surface area contributed by atoms with Crippen LogP contribution in [0.15, 0.2) is 53.7 Å². The standard InChI is InChI=1S/C27H24IN3O6/c1-2-36-22-10-15(9-21(28)25(22)37-13-14-3-5-16(6-4-14)31(34)35)12-29-30-26(32)23-17-7-8-18(20-11-19(17)20)24(23)27(30)33/h3-10,12,17-20,23-24H,2,11,13H2,1H3/b29-12-/t17-,18-,19-,20-,23+,24+/m0/s1. The second-order valence-electron chi connectivity index (χ2n) is 9.86. The minimum Gasteiger partial charge on any atom is -0.490 e. The van der Waals surface area contributed by atoms with E-state index in [2.05, 4.69) is 39.8 Å². The van der Waals surface area contributed by atoms with E-state index in [1.54, 1.807) is 18.2 Å². The van der Waals surface area contributed by atoms with Crippen molar-refractivity contribution in [1.82, 2.24) is 5.01 Å². The maximum Gasteiger partial charge on any atom is 0.269 e. The van der Waals surface area contributed by atoms with Gasteiger partial charge in [0.05, 0.1) is 33.2 Å². The molecule has 1 heterocycles. The van der Waals surface area contributed by atoms with E-state index in [0.717, 1.165) is 20.6 Å². The van der Waals surface area contributed by atoms with Crippen molar-refractivity contribution in [1.29, 1.82) is 0 Å². The average molecular weight is 613 g/mol. The van der Waals surface area contributed by atoms with Gasteiger partial charge in [-0.25, -0.2) is 0 Å². The summed E-state index contributed by atoms with van der Waals surface area (Å²) in [6, 6.07) is 9.79. The van der Waals surface area contributed by atoms with E-state index in [1.165, 1.54) is 18.3 Å². The van der Waals surface area contributed by atoms with Crippen LogP contribution in [0.4, 0.5) is 5.69 Å². The number of non-ortho nitro benzene ring substituents is 1. The maximum atomic E-state index is 13.2. The number of hydrogen-bond donors (Lipinski definition) is 0. The Morgan fingerprint density at radius 3 is 2.32 bits per heavy atom. The molecule has 10 heteroatoms. The van der Waals surface area contributed by atoms with Crippen LogP contribution in [0.25, 0.3) is 0 Å². The first kappa shape index (κ1) is 24.1. The highest BCUT2D eigenvalue weighted by molar-refractivity contribution is 14.1. The summed E-state index contributed by atoms with van der Waals surface area (Å²) in [4.78, 5) is 36.8. The smallest absolute Gasteiger partial charge is 0.269 e. The monoisotopic (exact) mass is 613 g/mol. The van der Waals surface area contributed by atoms with Crippen molar-refractivity contribution >= 4 is 46.3 Å². The Hall–Kier alpha value is -3.28. The van der Waals surface area contributed by atoms with Gasteiger partial charge in [-0.3, -0.25) is 19.7 Å². The van der Waals surface area contributed by atoms with Gasteiger partial charge in [-0.1, -0.05) is 12.2 Å². The molecule has 1 aliphatic heterocycles. The number of hydrogen-bond acceptors (Lipinski definition) is 7. The summed E-state index contributed by atoms with van der Waals surface area (Å²) in [6.45, 7) is 2.48. The van der Waals surface area contributed by atoms with E-state index >= 15 is 0 Å². The largest absolute Gasteiger partial charge is 0.490 e. The van der Waals surface area contributed by atoms with E-state index in [9.17, 15) is 19.7 Å². The number of carbonyl (C=O) groups excluding carboxylic acids is 2. The van der Waals surface area contributed by atoms with E-state index < -0.39 is 4.92 Å².